The monoisotopic (exact) mass is 234 g/mol. The first kappa shape index (κ1) is 10.6. The molecule has 0 saturated carbocycles. The van der Waals surface area contributed by atoms with Crippen molar-refractivity contribution >= 4 is 23.0 Å². The van der Waals surface area contributed by atoms with Crippen LogP contribution in [-0.2, 0) is 0 Å². The van der Waals surface area contributed by atoms with Crippen LogP contribution in [-0.4, -0.2) is 0 Å². The minimum absolute atomic E-state index is 0.483. The molecule has 0 amide bonds. The third kappa shape index (κ3) is 2.38. The number of nitrogen functional groups attached to an aromatic ring is 2. The van der Waals surface area contributed by atoms with E-state index in [0.29, 0.717) is 27.9 Å². The van der Waals surface area contributed by atoms with E-state index in [1.54, 1.807) is 42.5 Å². The molecule has 0 aliphatic heterocycles. The zero-order chi connectivity index (χ0) is 11.5. The summed E-state index contributed by atoms with van der Waals surface area (Å²) in [6.07, 6.45) is 0. The average molecular weight is 235 g/mol. The predicted octanol–water partition coefficient (Wildman–Crippen LogP) is 3.30. The molecule has 0 aromatic heterocycles. The van der Waals surface area contributed by atoms with Crippen molar-refractivity contribution in [3.05, 3.63) is 47.5 Å². The fraction of sp³-hybridized carbons (Fsp3) is 0. The minimum Gasteiger partial charge on any atom is -0.456 e. The molecule has 0 unspecified atom stereocenters. The summed E-state index contributed by atoms with van der Waals surface area (Å²) < 4.78 is 5.58. The van der Waals surface area contributed by atoms with Gasteiger partial charge in [-0.2, -0.15) is 0 Å². The molecule has 0 aliphatic rings. The molecule has 0 fully saturated rings. The zero-order valence-corrected chi connectivity index (χ0v) is 9.24. The maximum atomic E-state index is 5.98. The third-order valence-electron chi connectivity index (χ3n) is 2.06. The first-order chi connectivity index (χ1) is 7.65. The number of hydrogen-bond donors (Lipinski definition) is 2. The van der Waals surface area contributed by atoms with Crippen LogP contribution >= 0.6 is 11.6 Å². The SMILES string of the molecule is Nc1ccc(Oc2ccc(N)cc2Cl)cc1. The van der Waals surface area contributed by atoms with E-state index in [1.165, 1.54) is 0 Å². The molecule has 2 rings (SSSR count). The number of rotatable bonds is 2. The van der Waals surface area contributed by atoms with Crippen molar-refractivity contribution in [2.45, 2.75) is 0 Å². The molecule has 0 bridgehead atoms. The van der Waals surface area contributed by atoms with E-state index >= 15 is 0 Å². The first-order valence-electron chi connectivity index (χ1n) is 4.73. The lowest BCUT2D eigenvalue weighted by Gasteiger charge is -2.08. The normalized spacial score (nSPS) is 10.1. The summed E-state index contributed by atoms with van der Waals surface area (Å²) in [7, 11) is 0. The first-order valence-corrected chi connectivity index (χ1v) is 5.11. The van der Waals surface area contributed by atoms with E-state index in [4.69, 9.17) is 27.8 Å². The predicted molar refractivity (Wildman–Crippen MR) is 66.8 cm³/mol. The van der Waals surface area contributed by atoms with E-state index in [2.05, 4.69) is 0 Å². The van der Waals surface area contributed by atoms with Crippen LogP contribution in [0.15, 0.2) is 42.5 Å². The van der Waals surface area contributed by atoms with Crippen LogP contribution in [0.25, 0.3) is 0 Å². The Morgan fingerprint density at radius 2 is 1.50 bits per heavy atom. The molecular formula is C12H11ClN2O. The van der Waals surface area contributed by atoms with Crippen molar-refractivity contribution < 1.29 is 4.74 Å². The van der Waals surface area contributed by atoms with Gasteiger partial charge in [0.15, 0.2) is 0 Å². The smallest absolute Gasteiger partial charge is 0.146 e. The Morgan fingerprint density at radius 1 is 0.875 bits per heavy atom. The molecule has 0 heterocycles. The van der Waals surface area contributed by atoms with Crippen molar-refractivity contribution in [2.75, 3.05) is 11.5 Å². The fourth-order valence-corrected chi connectivity index (χ4v) is 1.49. The summed E-state index contributed by atoms with van der Waals surface area (Å²) in [6, 6.07) is 12.2. The standard InChI is InChI=1S/C12H11ClN2O/c13-11-7-9(15)3-6-12(11)16-10-4-1-8(14)2-5-10/h1-7H,14-15H2. The number of benzene rings is 2. The van der Waals surface area contributed by atoms with Gasteiger partial charge in [0.25, 0.3) is 0 Å². The second kappa shape index (κ2) is 4.33. The van der Waals surface area contributed by atoms with E-state index in [-0.39, 0.29) is 0 Å². The fourth-order valence-electron chi connectivity index (χ4n) is 1.26. The molecule has 82 valence electrons. The van der Waals surface area contributed by atoms with Gasteiger partial charge in [-0.1, -0.05) is 11.6 Å². The number of nitrogens with two attached hydrogens (primary N) is 2. The summed E-state index contributed by atoms with van der Waals surface area (Å²) in [4.78, 5) is 0. The topological polar surface area (TPSA) is 61.3 Å². The Labute approximate surface area is 98.6 Å². The number of hydrogen-bond acceptors (Lipinski definition) is 3. The lowest BCUT2D eigenvalue weighted by atomic mass is 10.3. The van der Waals surface area contributed by atoms with Gasteiger partial charge in [-0.15, -0.1) is 0 Å². The van der Waals surface area contributed by atoms with Crippen LogP contribution in [0, 0.1) is 0 Å². The molecule has 3 nitrogen and oxygen atoms in total. The maximum Gasteiger partial charge on any atom is 0.146 e. The molecule has 4 N–H and O–H groups in total. The highest BCUT2D eigenvalue weighted by molar-refractivity contribution is 6.32. The van der Waals surface area contributed by atoms with Crippen LogP contribution < -0.4 is 16.2 Å². The summed E-state index contributed by atoms with van der Waals surface area (Å²) in [5.41, 5.74) is 12.5. The summed E-state index contributed by atoms with van der Waals surface area (Å²) in [6.45, 7) is 0. The molecule has 2 aromatic carbocycles. The van der Waals surface area contributed by atoms with Crippen molar-refractivity contribution in [2.24, 2.45) is 0 Å². The zero-order valence-electron chi connectivity index (χ0n) is 8.48. The minimum atomic E-state index is 0.483. The highest BCUT2D eigenvalue weighted by Gasteiger charge is 2.03. The van der Waals surface area contributed by atoms with Crippen LogP contribution in [0.4, 0.5) is 11.4 Å². The van der Waals surface area contributed by atoms with E-state index in [0.717, 1.165) is 0 Å². The quantitative estimate of drug-likeness (QED) is 0.784. The van der Waals surface area contributed by atoms with Gasteiger partial charge in [-0.3, -0.25) is 0 Å². The van der Waals surface area contributed by atoms with Gasteiger partial charge in [-0.05, 0) is 42.5 Å². The van der Waals surface area contributed by atoms with Crippen LogP contribution in [0.5, 0.6) is 11.5 Å². The molecule has 0 radical (unpaired) electrons. The molecule has 0 aliphatic carbocycles. The molecule has 16 heavy (non-hydrogen) atoms. The van der Waals surface area contributed by atoms with E-state index in [1.807, 2.05) is 0 Å². The third-order valence-corrected chi connectivity index (χ3v) is 2.36. The molecule has 0 atom stereocenters. The van der Waals surface area contributed by atoms with Crippen molar-refractivity contribution in [1.82, 2.24) is 0 Å². The van der Waals surface area contributed by atoms with E-state index in [9.17, 15) is 0 Å². The van der Waals surface area contributed by atoms with Gasteiger partial charge in [0, 0.05) is 11.4 Å². The summed E-state index contributed by atoms with van der Waals surface area (Å²) in [5, 5.41) is 0.483. The van der Waals surface area contributed by atoms with E-state index < -0.39 is 0 Å². The van der Waals surface area contributed by atoms with Crippen LogP contribution in [0.3, 0.4) is 0 Å². The number of anilines is 2. The van der Waals surface area contributed by atoms with Crippen molar-refractivity contribution in [1.29, 1.82) is 0 Å². The van der Waals surface area contributed by atoms with Crippen LogP contribution in [0.2, 0.25) is 5.02 Å². The molecule has 0 spiro atoms. The second-order valence-corrected chi connectivity index (χ2v) is 3.77. The molecule has 2 aromatic rings. The molecule has 4 heteroatoms. The Balaban J connectivity index is 2.23. The summed E-state index contributed by atoms with van der Waals surface area (Å²) >= 11 is 5.98. The van der Waals surface area contributed by atoms with Gasteiger partial charge in [0.2, 0.25) is 0 Å². The molecular weight excluding hydrogens is 224 g/mol. The number of ether oxygens (including phenoxy) is 1. The van der Waals surface area contributed by atoms with Gasteiger partial charge < -0.3 is 16.2 Å². The largest absolute Gasteiger partial charge is 0.456 e. The van der Waals surface area contributed by atoms with Gasteiger partial charge in [0.1, 0.15) is 11.5 Å². The lowest BCUT2D eigenvalue weighted by Crippen LogP contribution is -1.89. The average Bonchev–Trinajstić information content (AvgIpc) is 2.25. The number of halogens is 1. The second-order valence-electron chi connectivity index (χ2n) is 3.36. The van der Waals surface area contributed by atoms with Gasteiger partial charge in [0.05, 0.1) is 5.02 Å². The summed E-state index contributed by atoms with van der Waals surface area (Å²) in [5.74, 6) is 1.25. The van der Waals surface area contributed by atoms with Crippen LogP contribution in [0.1, 0.15) is 0 Å². The van der Waals surface area contributed by atoms with Gasteiger partial charge >= 0.3 is 0 Å². The molecule has 0 saturated heterocycles. The Bertz CT molecular complexity index is 497. The Morgan fingerprint density at radius 3 is 2.12 bits per heavy atom. The lowest BCUT2D eigenvalue weighted by molar-refractivity contribution is 0.483. The highest BCUT2D eigenvalue weighted by Crippen LogP contribution is 2.30. The van der Waals surface area contributed by atoms with Crippen molar-refractivity contribution in [3.8, 4) is 11.5 Å². The Kier molecular flexibility index (Phi) is 2.88. The highest BCUT2D eigenvalue weighted by atomic mass is 35.5. The van der Waals surface area contributed by atoms with Gasteiger partial charge in [-0.25, -0.2) is 0 Å². The van der Waals surface area contributed by atoms with Crippen molar-refractivity contribution in [3.63, 3.8) is 0 Å². The maximum absolute atomic E-state index is 5.98. The Hall–Kier alpha value is -1.87.